The minimum absolute atomic E-state index is 0.00760. The van der Waals surface area contributed by atoms with Crippen molar-refractivity contribution >= 4 is 23.4 Å². The number of dihydropyridines is 1. The molecule has 0 amide bonds. The van der Waals surface area contributed by atoms with Gasteiger partial charge in [-0.2, -0.15) is 0 Å². The van der Waals surface area contributed by atoms with Gasteiger partial charge in [0.2, 0.25) is 0 Å². The molecule has 2 aliphatic rings. The number of benzene rings is 2. The summed E-state index contributed by atoms with van der Waals surface area (Å²) < 4.78 is 17.0. The molecule has 0 bridgehead atoms. The Kier molecular flexibility index (Phi) is 8.28. The zero-order chi connectivity index (χ0) is 26.7. The molecule has 0 aromatic heterocycles. The van der Waals surface area contributed by atoms with E-state index in [4.69, 9.17) is 25.8 Å². The average molecular weight is 524 g/mol. The topological polar surface area (TPSA) is 73.9 Å². The van der Waals surface area contributed by atoms with Crippen LogP contribution in [0.4, 0.5) is 0 Å². The highest BCUT2D eigenvalue weighted by molar-refractivity contribution is 6.30. The van der Waals surface area contributed by atoms with Gasteiger partial charge >= 0.3 is 5.97 Å². The summed E-state index contributed by atoms with van der Waals surface area (Å²) in [4.78, 5) is 27.2. The molecule has 196 valence electrons. The van der Waals surface area contributed by atoms with E-state index >= 15 is 0 Å². The Balaban J connectivity index is 1.79. The summed E-state index contributed by atoms with van der Waals surface area (Å²) in [6, 6.07) is 13.2. The van der Waals surface area contributed by atoms with Gasteiger partial charge in [-0.05, 0) is 67.5 Å². The standard InChI is InChI=1S/C30H34ClNO5/c1-6-36-25-12-9-20(15-26(25)35-5)28-27(30(34)37-16-17(2)3)18(4)32-23-13-21(14-24(33)29(23)28)19-7-10-22(31)11-8-19/h7-12,15,17,21,28,32H,6,13-14,16H2,1-5H3/t21-,28-/m0/s1. The number of hydrogen-bond acceptors (Lipinski definition) is 6. The molecule has 1 N–H and O–H groups in total. The molecule has 1 aliphatic heterocycles. The molecule has 0 unspecified atom stereocenters. The van der Waals surface area contributed by atoms with E-state index < -0.39 is 11.9 Å². The first-order valence-electron chi connectivity index (χ1n) is 12.7. The number of halogens is 1. The third-order valence-corrected chi connectivity index (χ3v) is 7.01. The molecule has 1 heterocycles. The second-order valence-corrected chi connectivity index (χ2v) is 10.3. The molecule has 0 spiro atoms. The van der Waals surface area contributed by atoms with Crippen LogP contribution < -0.4 is 14.8 Å². The zero-order valence-corrected chi connectivity index (χ0v) is 22.8. The van der Waals surface area contributed by atoms with Crippen molar-refractivity contribution < 1.29 is 23.8 Å². The van der Waals surface area contributed by atoms with Gasteiger partial charge in [0.15, 0.2) is 17.3 Å². The molecule has 7 heteroatoms. The first-order valence-corrected chi connectivity index (χ1v) is 13.1. The van der Waals surface area contributed by atoms with Crippen molar-refractivity contribution in [2.75, 3.05) is 20.3 Å². The third kappa shape index (κ3) is 5.69. The fourth-order valence-corrected chi connectivity index (χ4v) is 5.20. The predicted molar refractivity (Wildman–Crippen MR) is 144 cm³/mol. The molecular formula is C30H34ClNO5. The van der Waals surface area contributed by atoms with Crippen LogP contribution >= 0.6 is 11.6 Å². The second-order valence-electron chi connectivity index (χ2n) is 9.90. The normalized spacial score (nSPS) is 19.5. The van der Waals surface area contributed by atoms with Crippen LogP contribution in [0.5, 0.6) is 11.5 Å². The maximum Gasteiger partial charge on any atom is 0.336 e. The fourth-order valence-electron chi connectivity index (χ4n) is 5.07. The molecule has 2 atom stereocenters. The second kappa shape index (κ2) is 11.4. The monoisotopic (exact) mass is 523 g/mol. The van der Waals surface area contributed by atoms with E-state index in [1.165, 1.54) is 0 Å². The molecule has 0 radical (unpaired) electrons. The van der Waals surface area contributed by atoms with E-state index in [2.05, 4.69) is 5.32 Å². The summed E-state index contributed by atoms with van der Waals surface area (Å²) in [6.07, 6.45) is 0.999. The van der Waals surface area contributed by atoms with Crippen LogP contribution in [-0.2, 0) is 14.3 Å². The van der Waals surface area contributed by atoms with E-state index in [9.17, 15) is 9.59 Å². The van der Waals surface area contributed by atoms with E-state index in [0.717, 1.165) is 16.8 Å². The molecule has 37 heavy (non-hydrogen) atoms. The lowest BCUT2D eigenvalue weighted by molar-refractivity contribution is -0.140. The van der Waals surface area contributed by atoms with Gasteiger partial charge in [-0.3, -0.25) is 4.79 Å². The van der Waals surface area contributed by atoms with Gasteiger partial charge in [-0.1, -0.05) is 43.6 Å². The Morgan fingerprint density at radius 1 is 1.08 bits per heavy atom. The predicted octanol–water partition coefficient (Wildman–Crippen LogP) is 6.31. The van der Waals surface area contributed by atoms with Crippen molar-refractivity contribution in [2.45, 2.75) is 52.4 Å². The van der Waals surface area contributed by atoms with Gasteiger partial charge in [0.05, 0.1) is 25.9 Å². The molecule has 0 saturated carbocycles. The highest BCUT2D eigenvalue weighted by Gasteiger charge is 2.41. The van der Waals surface area contributed by atoms with Crippen molar-refractivity contribution in [2.24, 2.45) is 5.92 Å². The summed E-state index contributed by atoms with van der Waals surface area (Å²) in [5.41, 5.74) is 4.43. The van der Waals surface area contributed by atoms with Gasteiger partial charge in [-0.25, -0.2) is 4.79 Å². The molecule has 6 nitrogen and oxygen atoms in total. The van der Waals surface area contributed by atoms with Crippen molar-refractivity contribution in [3.05, 3.63) is 81.2 Å². The molecule has 4 rings (SSSR count). The van der Waals surface area contributed by atoms with Crippen LogP contribution in [0, 0.1) is 5.92 Å². The number of nitrogens with one attached hydrogen (secondary N) is 1. The Labute approximate surface area is 223 Å². The van der Waals surface area contributed by atoms with Crippen LogP contribution in [0.25, 0.3) is 0 Å². The van der Waals surface area contributed by atoms with Crippen LogP contribution in [-0.4, -0.2) is 32.1 Å². The van der Waals surface area contributed by atoms with Crippen molar-refractivity contribution in [3.8, 4) is 11.5 Å². The van der Waals surface area contributed by atoms with E-state index in [-0.39, 0.29) is 17.6 Å². The largest absolute Gasteiger partial charge is 0.493 e. The Hall–Kier alpha value is -3.25. The zero-order valence-electron chi connectivity index (χ0n) is 22.0. The van der Waals surface area contributed by atoms with Gasteiger partial charge in [0, 0.05) is 34.3 Å². The molecule has 0 saturated heterocycles. The smallest absolute Gasteiger partial charge is 0.336 e. The lowest BCUT2D eigenvalue weighted by Crippen LogP contribution is -2.36. The lowest BCUT2D eigenvalue weighted by Gasteiger charge is -2.37. The number of esters is 1. The number of rotatable bonds is 8. The van der Waals surface area contributed by atoms with Crippen molar-refractivity contribution in [1.82, 2.24) is 5.32 Å². The Morgan fingerprint density at radius 3 is 2.43 bits per heavy atom. The van der Waals surface area contributed by atoms with E-state index in [0.29, 0.717) is 59.4 Å². The maximum atomic E-state index is 13.8. The van der Waals surface area contributed by atoms with E-state index in [1.54, 1.807) is 7.11 Å². The van der Waals surface area contributed by atoms with Crippen LogP contribution in [0.3, 0.4) is 0 Å². The number of methoxy groups -OCH3 is 1. The quantitative estimate of drug-likeness (QED) is 0.409. The van der Waals surface area contributed by atoms with Crippen LogP contribution in [0.2, 0.25) is 5.02 Å². The summed E-state index contributed by atoms with van der Waals surface area (Å²) in [6.45, 7) is 8.55. The summed E-state index contributed by atoms with van der Waals surface area (Å²) in [5.74, 6) is 0.391. The number of ether oxygens (including phenoxy) is 3. The summed E-state index contributed by atoms with van der Waals surface area (Å²) >= 11 is 6.08. The Bertz CT molecular complexity index is 1250. The number of Topliss-reactive ketones (excluding diaryl/α,β-unsaturated/α-hetero) is 1. The number of ketones is 1. The lowest BCUT2D eigenvalue weighted by atomic mass is 9.71. The number of carbonyl (C=O) groups is 2. The molecule has 2 aromatic carbocycles. The molecule has 2 aromatic rings. The maximum absolute atomic E-state index is 13.8. The van der Waals surface area contributed by atoms with Gasteiger partial charge < -0.3 is 19.5 Å². The first-order chi connectivity index (χ1) is 17.7. The van der Waals surface area contributed by atoms with Crippen LogP contribution in [0.1, 0.15) is 63.5 Å². The number of allylic oxidation sites excluding steroid dienone is 3. The van der Waals surface area contributed by atoms with Crippen molar-refractivity contribution in [1.29, 1.82) is 0 Å². The summed E-state index contributed by atoms with van der Waals surface area (Å²) in [7, 11) is 1.58. The number of hydrogen-bond donors (Lipinski definition) is 1. The minimum atomic E-state index is -0.570. The molecular weight excluding hydrogens is 490 g/mol. The Morgan fingerprint density at radius 2 is 1.78 bits per heavy atom. The van der Waals surface area contributed by atoms with Crippen LogP contribution in [0.15, 0.2) is 65.0 Å². The van der Waals surface area contributed by atoms with E-state index in [1.807, 2.05) is 70.2 Å². The summed E-state index contributed by atoms with van der Waals surface area (Å²) in [5, 5.41) is 4.06. The highest BCUT2D eigenvalue weighted by atomic mass is 35.5. The molecule has 1 aliphatic carbocycles. The minimum Gasteiger partial charge on any atom is -0.493 e. The first kappa shape index (κ1) is 26.8. The van der Waals surface area contributed by atoms with Crippen molar-refractivity contribution in [3.63, 3.8) is 0 Å². The van der Waals surface area contributed by atoms with Gasteiger partial charge in [-0.15, -0.1) is 0 Å². The molecule has 0 fully saturated rings. The average Bonchev–Trinajstić information content (AvgIpc) is 2.87. The number of carbonyl (C=O) groups excluding carboxylic acids is 2. The fraction of sp³-hybridized carbons (Fsp3) is 0.400. The highest BCUT2D eigenvalue weighted by Crippen LogP contribution is 2.47. The third-order valence-electron chi connectivity index (χ3n) is 6.76. The van der Waals surface area contributed by atoms with Gasteiger partial charge in [0.1, 0.15) is 0 Å². The van der Waals surface area contributed by atoms with Gasteiger partial charge in [0.25, 0.3) is 0 Å². The SMILES string of the molecule is CCOc1ccc([C@H]2C(C(=O)OCC(C)C)=C(C)NC3=C2C(=O)C[C@@H](c2ccc(Cl)cc2)C3)cc1OC.